The maximum Gasteiger partial charge on any atom is 0.328 e. The van der Waals surface area contributed by atoms with Crippen molar-refractivity contribution in [1.82, 2.24) is 0 Å². The Bertz CT molecular complexity index is 376. The van der Waals surface area contributed by atoms with Crippen molar-refractivity contribution in [2.24, 2.45) is 0 Å². The molecule has 0 aliphatic rings. The number of hydrogen-bond acceptors (Lipinski definition) is 3. The Labute approximate surface area is 143 Å². The van der Waals surface area contributed by atoms with Crippen LogP contribution in [0.5, 0.6) is 0 Å². The molecule has 0 fully saturated rings. The minimum Gasteiger partial charge on any atom is -0.280 e. The predicted molar refractivity (Wildman–Crippen MR) is 96.1 cm³/mol. The Kier molecular flexibility index (Phi) is 14.9. The van der Waals surface area contributed by atoms with Gasteiger partial charge in [0.15, 0.2) is 0 Å². The molecule has 0 aromatic rings. The van der Waals surface area contributed by atoms with Crippen LogP contribution in [-0.2, 0) is 14.9 Å². The smallest absolute Gasteiger partial charge is 0.280 e. The van der Waals surface area contributed by atoms with Gasteiger partial charge < -0.3 is 0 Å². The molecule has 0 radical (unpaired) electrons. The van der Waals surface area contributed by atoms with Gasteiger partial charge in [-0.1, -0.05) is 96.8 Å². The molecular weight excluding hydrogens is 312 g/mol. The molecule has 0 aliphatic carbocycles. The van der Waals surface area contributed by atoms with Gasteiger partial charge in [0.25, 0.3) is 5.12 Å². The zero-order chi connectivity index (χ0) is 17.4. The predicted octanol–water partition coefficient (Wildman–Crippen LogP) is 5.66. The van der Waals surface area contributed by atoms with E-state index in [1.807, 2.05) is 0 Å². The van der Waals surface area contributed by atoms with Crippen molar-refractivity contribution < 1.29 is 17.8 Å². The van der Waals surface area contributed by atoms with Gasteiger partial charge in [-0.15, -0.1) is 0 Å². The van der Waals surface area contributed by atoms with Crippen LogP contribution in [0.25, 0.3) is 0 Å². The van der Waals surface area contributed by atoms with Gasteiger partial charge >= 0.3 is 10.1 Å². The van der Waals surface area contributed by atoms with E-state index in [0.29, 0.717) is 6.42 Å². The van der Waals surface area contributed by atoms with E-state index in [2.05, 4.69) is 6.92 Å². The van der Waals surface area contributed by atoms with Crippen molar-refractivity contribution in [1.29, 1.82) is 0 Å². The molecule has 4 nitrogen and oxygen atoms in total. The summed E-state index contributed by atoms with van der Waals surface area (Å²) in [7, 11) is -4.46. The van der Waals surface area contributed by atoms with Gasteiger partial charge in [0, 0.05) is 6.42 Å². The van der Waals surface area contributed by atoms with E-state index in [1.54, 1.807) is 0 Å². The van der Waals surface area contributed by atoms with Gasteiger partial charge in [0.1, 0.15) is 0 Å². The van der Waals surface area contributed by atoms with Crippen molar-refractivity contribution in [3.63, 3.8) is 0 Å². The fourth-order valence-corrected chi connectivity index (χ4v) is 3.17. The first kappa shape index (κ1) is 22.6. The lowest BCUT2D eigenvalue weighted by Crippen LogP contribution is -2.12. The summed E-state index contributed by atoms with van der Waals surface area (Å²) < 4.78 is 29.6. The third-order valence-corrected chi connectivity index (χ3v) is 5.05. The molecule has 1 N–H and O–H groups in total. The molecule has 0 rings (SSSR count). The van der Waals surface area contributed by atoms with Crippen molar-refractivity contribution in [3.05, 3.63) is 0 Å². The number of unbranched alkanes of at least 4 members (excludes halogenated alkanes) is 14. The second-order valence-electron chi connectivity index (χ2n) is 6.55. The second kappa shape index (κ2) is 15.1. The zero-order valence-electron chi connectivity index (χ0n) is 14.9. The van der Waals surface area contributed by atoms with Crippen molar-refractivity contribution in [3.8, 4) is 0 Å². The Balaban J connectivity index is 3.15. The summed E-state index contributed by atoms with van der Waals surface area (Å²) in [5.74, 6) is 0. The summed E-state index contributed by atoms with van der Waals surface area (Å²) in [5.41, 5.74) is 0. The van der Waals surface area contributed by atoms with Crippen LogP contribution >= 0.6 is 0 Å². The first-order chi connectivity index (χ1) is 11.0. The first-order valence-corrected chi connectivity index (χ1v) is 10.9. The van der Waals surface area contributed by atoms with Gasteiger partial charge in [0.05, 0.1) is 0 Å². The summed E-state index contributed by atoms with van der Waals surface area (Å²) in [4.78, 5) is 11.0. The molecule has 0 aromatic heterocycles. The van der Waals surface area contributed by atoms with Crippen LogP contribution in [0.4, 0.5) is 0 Å². The average molecular weight is 349 g/mol. The zero-order valence-corrected chi connectivity index (χ0v) is 15.7. The van der Waals surface area contributed by atoms with E-state index in [9.17, 15) is 13.2 Å². The molecule has 0 aliphatic heterocycles. The highest BCUT2D eigenvalue weighted by Gasteiger charge is 2.16. The minimum absolute atomic E-state index is 0.0584. The highest BCUT2D eigenvalue weighted by molar-refractivity contribution is 8.01. The number of rotatable bonds is 16. The van der Waals surface area contributed by atoms with Crippen LogP contribution in [0.2, 0.25) is 0 Å². The molecule has 138 valence electrons. The third-order valence-electron chi connectivity index (χ3n) is 4.27. The highest BCUT2D eigenvalue weighted by atomic mass is 32.2. The Morgan fingerprint density at radius 1 is 0.652 bits per heavy atom. The lowest BCUT2D eigenvalue weighted by Gasteiger charge is -2.03. The minimum atomic E-state index is -4.46. The number of carbonyl (C=O) groups is 1. The molecule has 0 unspecified atom stereocenters. The normalized spacial score (nSPS) is 11.7. The van der Waals surface area contributed by atoms with Crippen LogP contribution in [0.3, 0.4) is 0 Å². The van der Waals surface area contributed by atoms with Crippen LogP contribution in [0.15, 0.2) is 0 Å². The summed E-state index contributed by atoms with van der Waals surface area (Å²) in [5, 5.41) is -1.05. The maximum atomic E-state index is 11.0. The average Bonchev–Trinajstić information content (AvgIpc) is 2.50. The van der Waals surface area contributed by atoms with Gasteiger partial charge in [-0.2, -0.15) is 8.42 Å². The molecule has 5 heteroatoms. The van der Waals surface area contributed by atoms with Gasteiger partial charge in [0.2, 0.25) is 0 Å². The molecule has 0 saturated carbocycles. The quantitative estimate of drug-likeness (QED) is 0.288. The summed E-state index contributed by atoms with van der Waals surface area (Å²) in [6.07, 6.45) is 18.3. The van der Waals surface area contributed by atoms with Crippen LogP contribution in [-0.4, -0.2) is 18.1 Å². The van der Waals surface area contributed by atoms with Crippen LogP contribution in [0.1, 0.15) is 110 Å². The Morgan fingerprint density at radius 3 is 1.26 bits per heavy atom. The van der Waals surface area contributed by atoms with Gasteiger partial charge in [-0.25, -0.2) is 0 Å². The largest absolute Gasteiger partial charge is 0.328 e. The van der Waals surface area contributed by atoms with E-state index in [4.69, 9.17) is 4.55 Å². The third kappa shape index (κ3) is 16.2. The Hall–Kier alpha value is -0.420. The molecule has 0 amide bonds. The van der Waals surface area contributed by atoms with Crippen LogP contribution < -0.4 is 0 Å². The van der Waals surface area contributed by atoms with Crippen molar-refractivity contribution in [2.45, 2.75) is 110 Å². The molecule has 0 saturated heterocycles. The van der Waals surface area contributed by atoms with Gasteiger partial charge in [-0.05, 0) is 6.42 Å². The fourth-order valence-electron chi connectivity index (χ4n) is 2.77. The molecule has 23 heavy (non-hydrogen) atoms. The lowest BCUT2D eigenvalue weighted by atomic mass is 10.0. The molecular formula is C18H36O4S. The van der Waals surface area contributed by atoms with E-state index in [-0.39, 0.29) is 6.42 Å². The van der Waals surface area contributed by atoms with Crippen LogP contribution in [0, 0.1) is 0 Å². The lowest BCUT2D eigenvalue weighted by molar-refractivity contribution is -0.112. The van der Waals surface area contributed by atoms with E-state index < -0.39 is 15.2 Å². The second-order valence-corrected chi connectivity index (χ2v) is 7.95. The summed E-state index contributed by atoms with van der Waals surface area (Å²) in [6, 6.07) is 0. The van der Waals surface area contributed by atoms with Gasteiger partial charge in [-0.3, -0.25) is 9.35 Å². The molecule has 0 heterocycles. The van der Waals surface area contributed by atoms with E-state index in [0.717, 1.165) is 19.3 Å². The summed E-state index contributed by atoms with van der Waals surface area (Å²) >= 11 is 0. The van der Waals surface area contributed by atoms with Crippen molar-refractivity contribution in [2.75, 3.05) is 0 Å². The van der Waals surface area contributed by atoms with E-state index in [1.165, 1.54) is 70.6 Å². The SMILES string of the molecule is CCCCCCCCCCCCCCCCCC(=O)S(=O)(=O)O. The number of carbonyl (C=O) groups excluding carboxylic acids is 1. The monoisotopic (exact) mass is 348 g/mol. The standard InChI is InChI=1S/C18H36O4S/c1-2-3-4-5-6-7-8-9-10-11-12-13-14-15-16-17-18(19)23(20,21)22/h2-17H2,1H3,(H,20,21,22). The van der Waals surface area contributed by atoms with E-state index >= 15 is 0 Å². The number of hydrogen-bond donors (Lipinski definition) is 1. The molecule has 0 atom stereocenters. The highest BCUT2D eigenvalue weighted by Crippen LogP contribution is 2.13. The molecule has 0 aromatic carbocycles. The molecule has 0 bridgehead atoms. The topological polar surface area (TPSA) is 71.4 Å². The first-order valence-electron chi connectivity index (χ1n) is 9.48. The van der Waals surface area contributed by atoms with Crippen molar-refractivity contribution >= 4 is 15.2 Å². The maximum absolute atomic E-state index is 11.0. The summed E-state index contributed by atoms with van der Waals surface area (Å²) in [6.45, 7) is 2.25. The molecule has 0 spiro atoms. The fraction of sp³-hybridized carbons (Fsp3) is 0.944. The Morgan fingerprint density at radius 2 is 0.957 bits per heavy atom.